The molecule has 2 aromatic heterocycles. The molecule has 3 aromatic carbocycles. The second kappa shape index (κ2) is 18.9. The zero-order valence-electron chi connectivity index (χ0n) is 39.7. The molecule has 14 nitrogen and oxygen atoms in total. The van der Waals surface area contributed by atoms with E-state index in [1.54, 1.807) is 19.2 Å². The Labute approximate surface area is 391 Å². The van der Waals surface area contributed by atoms with Crippen molar-refractivity contribution in [1.82, 2.24) is 19.9 Å². The molecule has 0 saturated carbocycles. The van der Waals surface area contributed by atoms with Gasteiger partial charge in [-0.1, -0.05) is 54.5 Å². The van der Waals surface area contributed by atoms with Gasteiger partial charge in [-0.15, -0.1) is 0 Å². The molecule has 0 unspecified atom stereocenters. The van der Waals surface area contributed by atoms with Crippen molar-refractivity contribution in [1.29, 1.82) is 0 Å². The first-order valence-electron chi connectivity index (χ1n) is 23.6. The fraction of sp³-hybridized carbons (Fsp3) is 0.520. The van der Waals surface area contributed by atoms with Gasteiger partial charge in [0.1, 0.15) is 47.6 Å². The molecule has 0 spiro atoms. The van der Waals surface area contributed by atoms with Crippen molar-refractivity contribution in [2.75, 3.05) is 37.7 Å². The van der Waals surface area contributed by atoms with E-state index in [1.807, 2.05) is 24.0 Å². The number of benzene rings is 3. The lowest BCUT2D eigenvalue weighted by molar-refractivity contribution is -0.384. The van der Waals surface area contributed by atoms with Crippen LogP contribution < -0.4 is 18.8 Å². The van der Waals surface area contributed by atoms with E-state index in [1.165, 1.54) is 30.3 Å². The van der Waals surface area contributed by atoms with Crippen LogP contribution in [-0.2, 0) is 11.2 Å². The quantitative estimate of drug-likeness (QED) is 0.0347. The van der Waals surface area contributed by atoms with Crippen LogP contribution in [0.15, 0.2) is 54.7 Å². The Morgan fingerprint density at radius 2 is 1.69 bits per heavy atom. The number of carbonyl (C=O) groups excluding carboxylic acids is 1. The van der Waals surface area contributed by atoms with Crippen molar-refractivity contribution in [3.05, 3.63) is 82.0 Å². The summed E-state index contributed by atoms with van der Waals surface area (Å²) in [6.45, 7) is 18.7. The lowest BCUT2D eigenvalue weighted by Crippen LogP contribution is -2.50. The number of piperidine rings is 1. The second-order valence-corrected chi connectivity index (χ2v) is 25.2. The number of aryl methyl sites for hydroxylation is 1. The molecule has 0 amide bonds. The fourth-order valence-electron chi connectivity index (χ4n) is 11.5. The molecule has 67 heavy (non-hydrogen) atoms. The predicted octanol–water partition coefficient (Wildman–Crippen LogP) is 11.1. The first-order valence-corrected chi connectivity index (χ1v) is 25.8. The predicted molar refractivity (Wildman–Crippen MR) is 256 cm³/mol. The summed E-state index contributed by atoms with van der Waals surface area (Å²) in [5.41, 5.74) is 0.0922. The highest BCUT2D eigenvalue weighted by atomic mass is 28.4. The van der Waals surface area contributed by atoms with Gasteiger partial charge in [0.2, 0.25) is 0 Å². The molecule has 8 rings (SSSR count). The summed E-state index contributed by atoms with van der Waals surface area (Å²) in [6, 6.07) is 12.0. The first-order chi connectivity index (χ1) is 31.9. The van der Waals surface area contributed by atoms with Crippen LogP contribution >= 0.6 is 0 Å². The normalized spacial score (nSPS) is 21.2. The molecule has 0 radical (unpaired) electrons. The highest BCUT2D eigenvalue weighted by Crippen LogP contribution is 2.47. The molecule has 0 aliphatic carbocycles. The van der Waals surface area contributed by atoms with Gasteiger partial charge in [-0.05, 0) is 122 Å². The molecular formula is C50H62F2N6O8Si. The number of pyridine rings is 1. The Morgan fingerprint density at radius 3 is 2.36 bits per heavy atom. The molecule has 3 aliphatic rings. The van der Waals surface area contributed by atoms with Gasteiger partial charge in [0.05, 0.1) is 21.4 Å². The van der Waals surface area contributed by atoms with Gasteiger partial charge >= 0.3 is 12.2 Å². The molecule has 3 atom stereocenters. The van der Waals surface area contributed by atoms with Gasteiger partial charge in [-0.3, -0.25) is 20.0 Å². The van der Waals surface area contributed by atoms with E-state index in [4.69, 9.17) is 33.6 Å². The number of fused-ring (bicyclic) bond motifs is 3. The van der Waals surface area contributed by atoms with Crippen LogP contribution in [-0.4, -0.2) is 94.4 Å². The summed E-state index contributed by atoms with van der Waals surface area (Å²) < 4.78 is 58.0. The number of aliphatic hydroxyl groups is 1. The van der Waals surface area contributed by atoms with Gasteiger partial charge in [0, 0.05) is 43.0 Å². The third-order valence-corrected chi connectivity index (χ3v) is 20.5. The van der Waals surface area contributed by atoms with Crippen molar-refractivity contribution in [2.45, 2.75) is 134 Å². The van der Waals surface area contributed by atoms with Crippen molar-refractivity contribution in [3.8, 4) is 28.8 Å². The molecule has 17 heteroatoms. The summed E-state index contributed by atoms with van der Waals surface area (Å²) in [5, 5.41) is 23.9. The SMILES string of the molecule is CCc1c(F)ccc2cc(O[Si](C(C)C)(C(C)C)C(C)C)cc(-c3ncc4c(N5CCC[C@@](C)(O)C5)nc(OC[C@@]56CCCN5[C@H](COC(=O)Oc5ccc([N+](=O)[O-])cc5)CC6)nc4c3F)c12. The van der Waals surface area contributed by atoms with Gasteiger partial charge in [-0.25, -0.2) is 13.6 Å². The molecule has 0 bridgehead atoms. The summed E-state index contributed by atoms with van der Waals surface area (Å²) in [7, 11) is -2.48. The Balaban J connectivity index is 1.14. The third kappa shape index (κ3) is 9.26. The maximum atomic E-state index is 17.8. The van der Waals surface area contributed by atoms with Crippen LogP contribution in [0.5, 0.6) is 17.5 Å². The summed E-state index contributed by atoms with van der Waals surface area (Å²) >= 11 is 0. The fourth-order valence-corrected chi connectivity index (χ4v) is 16.7. The highest BCUT2D eigenvalue weighted by molar-refractivity contribution is 6.78. The molecule has 358 valence electrons. The Morgan fingerprint density at radius 1 is 0.970 bits per heavy atom. The van der Waals surface area contributed by atoms with Gasteiger partial charge in [-0.2, -0.15) is 9.97 Å². The van der Waals surface area contributed by atoms with E-state index in [0.29, 0.717) is 59.3 Å². The number of hydrogen-bond acceptors (Lipinski definition) is 13. The van der Waals surface area contributed by atoms with Gasteiger partial charge < -0.3 is 28.6 Å². The van der Waals surface area contributed by atoms with E-state index < -0.39 is 36.4 Å². The third-order valence-electron chi connectivity index (χ3n) is 14.5. The number of halogens is 2. The molecule has 1 N–H and O–H groups in total. The van der Waals surface area contributed by atoms with Crippen LogP contribution in [0.25, 0.3) is 32.9 Å². The topological polar surface area (TPSA) is 163 Å². The van der Waals surface area contributed by atoms with Crippen LogP contribution in [0.1, 0.15) is 99.5 Å². The van der Waals surface area contributed by atoms with Crippen molar-refractivity contribution >= 4 is 47.7 Å². The van der Waals surface area contributed by atoms with Crippen molar-refractivity contribution in [3.63, 3.8) is 0 Å². The highest BCUT2D eigenvalue weighted by Gasteiger charge is 2.51. The number of carbonyl (C=O) groups is 1. The maximum Gasteiger partial charge on any atom is 0.513 e. The number of anilines is 1. The molecule has 3 saturated heterocycles. The minimum Gasteiger partial charge on any atom is -0.543 e. The number of nitro groups is 1. The van der Waals surface area contributed by atoms with Crippen LogP contribution in [0.3, 0.4) is 0 Å². The number of nitrogens with zero attached hydrogens (tertiary/aromatic N) is 6. The minimum atomic E-state index is -2.48. The molecule has 3 aliphatic heterocycles. The minimum absolute atomic E-state index is 0.00157. The molecule has 5 aromatic rings. The van der Waals surface area contributed by atoms with Crippen LogP contribution in [0.2, 0.25) is 16.6 Å². The zero-order chi connectivity index (χ0) is 48.0. The standard InChI is InChI=1S/C50H62F2N6O8Si/c1-9-38-41(51)17-12-33-24-37(66-67(30(2)3,31(4)5)32(6)7)25-39(42(33)38)44-43(52)45-40(26-53-44)46(56-22-10-19-49(8,60)28-56)55-47(54-45)64-29-50-20-11-23-57(50)35(18-21-50)27-63-48(59)65-36-15-13-34(14-16-36)58(61)62/h12-17,24-26,30-32,35,60H,9-11,18-23,27-29H2,1-8H3/t35-,49+,50-/m0/s1. The van der Waals surface area contributed by atoms with Crippen molar-refractivity contribution in [2.24, 2.45) is 0 Å². The number of non-ortho nitro benzene ring substituents is 1. The summed E-state index contributed by atoms with van der Waals surface area (Å²) in [6.07, 6.45) is 5.47. The molecule has 3 fully saturated rings. The number of nitro benzene ring substituents is 1. The first kappa shape index (κ1) is 48.0. The lowest BCUT2D eigenvalue weighted by atomic mass is 9.94. The van der Waals surface area contributed by atoms with E-state index in [0.717, 1.165) is 37.6 Å². The van der Waals surface area contributed by atoms with Crippen LogP contribution in [0, 0.1) is 21.7 Å². The number of rotatable bonds is 15. The monoisotopic (exact) mass is 940 g/mol. The van der Waals surface area contributed by atoms with E-state index in [9.17, 15) is 20.0 Å². The summed E-state index contributed by atoms with van der Waals surface area (Å²) in [5.74, 6) is 0.0177. The number of ether oxygens (including phenoxy) is 3. The molecule has 5 heterocycles. The average Bonchev–Trinajstić information content (AvgIpc) is 3.85. The van der Waals surface area contributed by atoms with E-state index >= 15 is 8.78 Å². The van der Waals surface area contributed by atoms with Crippen molar-refractivity contribution < 1.29 is 42.2 Å². The second-order valence-electron chi connectivity index (χ2n) is 19.8. The summed E-state index contributed by atoms with van der Waals surface area (Å²) in [4.78, 5) is 41.8. The molecular weight excluding hydrogens is 879 g/mol. The Kier molecular flexibility index (Phi) is 13.5. The number of β-amino-alcohol motifs (C(OH)–C–C–N with tert-alkyl or cyclic N) is 1. The number of aromatic nitrogens is 3. The van der Waals surface area contributed by atoms with Crippen LogP contribution in [0.4, 0.5) is 25.1 Å². The lowest BCUT2D eigenvalue weighted by Gasteiger charge is -2.42. The smallest absolute Gasteiger partial charge is 0.513 e. The maximum absolute atomic E-state index is 17.8. The Hall–Kier alpha value is -5.52. The van der Waals surface area contributed by atoms with Gasteiger partial charge in [0.25, 0.3) is 14.0 Å². The number of hydrogen-bond donors (Lipinski definition) is 1. The Bertz CT molecular complexity index is 2650. The van der Waals surface area contributed by atoms with E-state index in [2.05, 4.69) is 46.4 Å². The van der Waals surface area contributed by atoms with E-state index in [-0.39, 0.29) is 76.9 Å². The average molecular weight is 941 g/mol. The zero-order valence-corrected chi connectivity index (χ0v) is 40.7. The largest absolute Gasteiger partial charge is 0.543 e. The van der Waals surface area contributed by atoms with Gasteiger partial charge in [0.15, 0.2) is 5.82 Å².